The van der Waals surface area contributed by atoms with E-state index in [1.807, 2.05) is 32.0 Å². The Morgan fingerprint density at radius 3 is 2.45 bits per heavy atom. The number of hydrogen-bond acceptors (Lipinski definition) is 6. The van der Waals surface area contributed by atoms with E-state index in [1.165, 1.54) is 18.2 Å². The van der Waals surface area contributed by atoms with Crippen LogP contribution in [0.2, 0.25) is 0 Å². The molecule has 1 aliphatic heterocycles. The van der Waals surface area contributed by atoms with Crippen LogP contribution in [0.5, 0.6) is 11.5 Å². The first-order valence-corrected chi connectivity index (χ1v) is 9.98. The van der Waals surface area contributed by atoms with Gasteiger partial charge in [-0.25, -0.2) is 0 Å². The molecule has 0 unspecified atom stereocenters. The molecule has 0 radical (unpaired) electrons. The van der Waals surface area contributed by atoms with E-state index in [1.54, 1.807) is 6.92 Å². The number of carbonyl (C=O) groups excluding carboxylic acids is 2. The summed E-state index contributed by atoms with van der Waals surface area (Å²) < 4.78 is 11.2. The molecular formula is C22H25N3O6. The van der Waals surface area contributed by atoms with Gasteiger partial charge in [0.2, 0.25) is 5.91 Å². The van der Waals surface area contributed by atoms with E-state index >= 15 is 0 Å². The van der Waals surface area contributed by atoms with Crippen molar-refractivity contribution in [2.75, 3.05) is 19.8 Å². The van der Waals surface area contributed by atoms with Crippen molar-refractivity contribution in [3.8, 4) is 11.5 Å². The third kappa shape index (κ3) is 5.30. The molecule has 2 aromatic rings. The fraction of sp³-hybridized carbons (Fsp3) is 0.364. The Balaban J connectivity index is 1.62. The summed E-state index contributed by atoms with van der Waals surface area (Å²) in [6, 6.07) is 9.36. The summed E-state index contributed by atoms with van der Waals surface area (Å²) in [4.78, 5) is 35.2. The van der Waals surface area contributed by atoms with E-state index in [9.17, 15) is 19.7 Å². The van der Waals surface area contributed by atoms with Crippen molar-refractivity contribution >= 4 is 17.5 Å². The summed E-state index contributed by atoms with van der Waals surface area (Å²) in [6.45, 7) is 6.29. The second-order valence-electron chi connectivity index (χ2n) is 7.63. The topological polar surface area (TPSA) is 120 Å². The third-order valence-corrected chi connectivity index (χ3v) is 4.97. The molecule has 164 valence electrons. The van der Waals surface area contributed by atoms with Gasteiger partial charge in [0.1, 0.15) is 13.2 Å². The molecule has 0 bridgehead atoms. The minimum absolute atomic E-state index is 0.0616. The number of aryl methyl sites for hydroxylation is 1. The minimum atomic E-state index is -0.506. The van der Waals surface area contributed by atoms with Crippen LogP contribution < -0.4 is 20.1 Å². The zero-order valence-corrected chi connectivity index (χ0v) is 17.6. The molecule has 9 heteroatoms. The van der Waals surface area contributed by atoms with E-state index in [2.05, 4.69) is 10.6 Å². The number of carbonyl (C=O) groups is 2. The second kappa shape index (κ2) is 9.46. The Morgan fingerprint density at radius 2 is 1.81 bits per heavy atom. The number of benzene rings is 2. The summed E-state index contributed by atoms with van der Waals surface area (Å²) in [6.07, 6.45) is 0. The van der Waals surface area contributed by atoms with E-state index in [0.717, 1.165) is 5.56 Å². The van der Waals surface area contributed by atoms with Crippen molar-refractivity contribution in [3.63, 3.8) is 0 Å². The predicted octanol–water partition coefficient (Wildman–Crippen LogP) is 2.92. The molecule has 0 fully saturated rings. The van der Waals surface area contributed by atoms with Crippen molar-refractivity contribution in [1.29, 1.82) is 0 Å². The summed E-state index contributed by atoms with van der Waals surface area (Å²) in [5, 5.41) is 16.4. The number of ether oxygens (including phenoxy) is 2. The van der Waals surface area contributed by atoms with Gasteiger partial charge in [0.05, 0.1) is 17.5 Å². The van der Waals surface area contributed by atoms with E-state index in [-0.39, 0.29) is 35.7 Å². The van der Waals surface area contributed by atoms with Crippen LogP contribution in [0.25, 0.3) is 0 Å². The summed E-state index contributed by atoms with van der Waals surface area (Å²) in [5.74, 6) is 0.591. The molecule has 1 atom stereocenters. The fourth-order valence-corrected chi connectivity index (χ4v) is 3.38. The largest absolute Gasteiger partial charge is 0.486 e. The number of nitrogens with zero attached hydrogens (tertiary/aromatic N) is 1. The highest BCUT2D eigenvalue weighted by Gasteiger charge is 2.22. The standard InChI is InChI=1S/C22H25N3O6/c1-13(2)21(15-5-7-18-19(11-15)31-9-8-30-18)24-20(26)12-23-22(27)16-4-6-17(25(28)29)14(3)10-16/h4-7,10-11,13,21H,8-9,12H2,1-3H3,(H,23,27)(H,24,26)/t21-/m0/s1. The van der Waals surface area contributed by atoms with Crippen LogP contribution in [0.4, 0.5) is 5.69 Å². The molecule has 0 saturated heterocycles. The van der Waals surface area contributed by atoms with Crippen LogP contribution in [0.3, 0.4) is 0 Å². The Hall–Kier alpha value is -3.62. The van der Waals surface area contributed by atoms with Crippen LogP contribution in [0, 0.1) is 23.0 Å². The van der Waals surface area contributed by atoms with Crippen molar-refractivity contribution < 1.29 is 24.0 Å². The van der Waals surface area contributed by atoms with Gasteiger partial charge in [-0.05, 0) is 42.7 Å². The second-order valence-corrected chi connectivity index (χ2v) is 7.63. The Morgan fingerprint density at radius 1 is 1.10 bits per heavy atom. The Bertz CT molecular complexity index is 1000. The Kier molecular flexibility index (Phi) is 6.74. The SMILES string of the molecule is Cc1cc(C(=O)NCC(=O)N[C@H](c2ccc3c(c2)OCCO3)C(C)C)ccc1[N+](=O)[O-]. The molecule has 0 aromatic heterocycles. The first kappa shape index (κ1) is 22.1. The number of hydrogen-bond donors (Lipinski definition) is 2. The molecule has 2 amide bonds. The lowest BCUT2D eigenvalue weighted by atomic mass is 9.95. The summed E-state index contributed by atoms with van der Waals surface area (Å²) >= 11 is 0. The van der Waals surface area contributed by atoms with Gasteiger partial charge in [-0.15, -0.1) is 0 Å². The molecule has 1 heterocycles. The van der Waals surface area contributed by atoms with Crippen molar-refractivity contribution in [3.05, 3.63) is 63.2 Å². The van der Waals surface area contributed by atoms with Gasteiger partial charge in [0.15, 0.2) is 11.5 Å². The third-order valence-electron chi connectivity index (χ3n) is 4.97. The van der Waals surface area contributed by atoms with Gasteiger partial charge < -0.3 is 20.1 Å². The highest BCUT2D eigenvalue weighted by Crippen LogP contribution is 2.34. The van der Waals surface area contributed by atoms with Gasteiger partial charge in [0, 0.05) is 17.2 Å². The molecule has 0 aliphatic carbocycles. The van der Waals surface area contributed by atoms with Gasteiger partial charge in [0.25, 0.3) is 11.6 Å². The molecule has 31 heavy (non-hydrogen) atoms. The number of nitrogens with one attached hydrogen (secondary N) is 2. The number of rotatable bonds is 7. The maximum atomic E-state index is 12.5. The monoisotopic (exact) mass is 427 g/mol. The molecule has 1 aliphatic rings. The van der Waals surface area contributed by atoms with Crippen molar-refractivity contribution in [2.45, 2.75) is 26.8 Å². The average Bonchev–Trinajstić information content (AvgIpc) is 2.74. The maximum Gasteiger partial charge on any atom is 0.272 e. The average molecular weight is 427 g/mol. The Labute approximate surface area is 179 Å². The fourth-order valence-electron chi connectivity index (χ4n) is 3.38. The molecule has 2 N–H and O–H groups in total. The quantitative estimate of drug-likeness (QED) is 0.518. The van der Waals surface area contributed by atoms with Gasteiger partial charge >= 0.3 is 0 Å². The van der Waals surface area contributed by atoms with Crippen LogP contribution in [-0.2, 0) is 4.79 Å². The van der Waals surface area contributed by atoms with E-state index in [4.69, 9.17) is 9.47 Å². The number of nitro groups is 1. The molecular weight excluding hydrogens is 402 g/mol. The van der Waals surface area contributed by atoms with Crippen molar-refractivity contribution in [2.24, 2.45) is 5.92 Å². The zero-order chi connectivity index (χ0) is 22.5. The van der Waals surface area contributed by atoms with E-state index in [0.29, 0.717) is 30.3 Å². The first-order valence-electron chi connectivity index (χ1n) is 9.98. The predicted molar refractivity (Wildman–Crippen MR) is 113 cm³/mol. The smallest absolute Gasteiger partial charge is 0.272 e. The normalized spacial score (nSPS) is 13.4. The lowest BCUT2D eigenvalue weighted by Gasteiger charge is -2.25. The summed E-state index contributed by atoms with van der Waals surface area (Å²) in [7, 11) is 0. The van der Waals surface area contributed by atoms with Gasteiger partial charge in [-0.3, -0.25) is 19.7 Å². The van der Waals surface area contributed by atoms with Crippen LogP contribution in [0.15, 0.2) is 36.4 Å². The minimum Gasteiger partial charge on any atom is -0.486 e. The van der Waals surface area contributed by atoms with Gasteiger partial charge in [-0.2, -0.15) is 0 Å². The van der Waals surface area contributed by atoms with Crippen LogP contribution in [0.1, 0.15) is 41.4 Å². The first-order chi connectivity index (χ1) is 14.8. The van der Waals surface area contributed by atoms with Crippen molar-refractivity contribution in [1.82, 2.24) is 10.6 Å². The molecule has 2 aromatic carbocycles. The van der Waals surface area contributed by atoms with Gasteiger partial charge in [-0.1, -0.05) is 19.9 Å². The molecule has 0 spiro atoms. The molecule has 9 nitrogen and oxygen atoms in total. The maximum absolute atomic E-state index is 12.5. The van der Waals surface area contributed by atoms with Crippen LogP contribution in [-0.4, -0.2) is 36.5 Å². The van der Waals surface area contributed by atoms with Crippen LogP contribution >= 0.6 is 0 Å². The highest BCUT2D eigenvalue weighted by molar-refractivity contribution is 5.96. The summed E-state index contributed by atoms with van der Waals surface area (Å²) in [5.41, 5.74) is 1.45. The number of nitro benzene ring substituents is 1. The number of fused-ring (bicyclic) bond motifs is 1. The number of amides is 2. The highest BCUT2D eigenvalue weighted by atomic mass is 16.6. The molecule has 3 rings (SSSR count). The lowest BCUT2D eigenvalue weighted by Crippen LogP contribution is -2.40. The lowest BCUT2D eigenvalue weighted by molar-refractivity contribution is -0.385. The van der Waals surface area contributed by atoms with E-state index < -0.39 is 10.8 Å². The molecule has 0 saturated carbocycles. The zero-order valence-electron chi connectivity index (χ0n) is 17.6.